The maximum absolute atomic E-state index is 4.66. The molecule has 0 aromatic heterocycles. The third kappa shape index (κ3) is 2.68. The van der Waals surface area contributed by atoms with Gasteiger partial charge in [0.1, 0.15) is 0 Å². The number of hydrogen-bond donors (Lipinski definition) is 0. The molecular weight excluding hydrogens is 172 g/mol. The molecule has 1 fully saturated rings. The molecule has 0 aromatic rings. The van der Waals surface area contributed by atoms with Crippen LogP contribution in [0.25, 0.3) is 0 Å². The molecule has 1 rings (SSSR count). The average molecular weight is 194 g/mol. The fourth-order valence-electron chi connectivity index (χ4n) is 1.76. The Morgan fingerprint density at radius 1 is 1.36 bits per heavy atom. The average Bonchev–Trinajstić information content (AvgIpc) is 2.55. The molecule has 2 nitrogen and oxygen atoms in total. The second-order valence-electron chi connectivity index (χ2n) is 4.11. The topological polar surface area (TPSA) is 15.6 Å². The zero-order valence-electron chi connectivity index (χ0n) is 9.93. The predicted octanol–water partition coefficient (Wildman–Crippen LogP) is 2.51. The van der Waals surface area contributed by atoms with E-state index in [1.165, 1.54) is 16.9 Å². The summed E-state index contributed by atoms with van der Waals surface area (Å²) >= 11 is 0. The van der Waals surface area contributed by atoms with Crippen LogP contribution in [0, 0.1) is 0 Å². The van der Waals surface area contributed by atoms with Crippen LogP contribution in [0.5, 0.6) is 0 Å². The number of rotatable bonds is 3. The quantitative estimate of drug-likeness (QED) is 0.674. The fourth-order valence-corrected chi connectivity index (χ4v) is 1.76. The molecule has 14 heavy (non-hydrogen) atoms. The smallest absolute Gasteiger partial charge is 0.0533 e. The van der Waals surface area contributed by atoms with Crippen LogP contribution in [0.15, 0.2) is 16.1 Å². The zero-order chi connectivity index (χ0) is 10.6. The van der Waals surface area contributed by atoms with Crippen LogP contribution in [0.4, 0.5) is 0 Å². The lowest BCUT2D eigenvalue weighted by Gasteiger charge is -2.04. The number of hydrogen-bond acceptors (Lipinski definition) is 2. The van der Waals surface area contributed by atoms with Crippen LogP contribution in [0.3, 0.4) is 0 Å². The lowest BCUT2D eigenvalue weighted by atomic mass is 10.1. The van der Waals surface area contributed by atoms with Gasteiger partial charge in [0.15, 0.2) is 0 Å². The maximum atomic E-state index is 4.66. The van der Waals surface area contributed by atoms with Crippen molar-refractivity contribution in [3.05, 3.63) is 11.1 Å². The Labute approximate surface area is 87.7 Å². The Hall–Kier alpha value is -0.630. The fraction of sp³-hybridized carbons (Fsp3) is 0.750. The zero-order valence-corrected chi connectivity index (χ0v) is 9.93. The first kappa shape index (κ1) is 11.4. The molecule has 1 aliphatic rings. The summed E-state index contributed by atoms with van der Waals surface area (Å²) in [5, 5.41) is 0. The highest BCUT2D eigenvalue weighted by Gasteiger charge is 2.20. The van der Waals surface area contributed by atoms with Crippen LogP contribution in [-0.2, 0) is 0 Å². The van der Waals surface area contributed by atoms with E-state index in [0.29, 0.717) is 0 Å². The number of likely N-dealkylation sites (tertiary alicyclic amines) is 1. The van der Waals surface area contributed by atoms with Gasteiger partial charge in [0.25, 0.3) is 0 Å². The van der Waals surface area contributed by atoms with Crippen molar-refractivity contribution >= 4 is 5.71 Å². The van der Waals surface area contributed by atoms with Crippen molar-refractivity contribution in [1.29, 1.82) is 0 Å². The SMILES string of the molecule is CCCN=C1CN(C)C/C1=C(/C)CC. The van der Waals surface area contributed by atoms with E-state index in [9.17, 15) is 0 Å². The van der Waals surface area contributed by atoms with Gasteiger partial charge in [0.2, 0.25) is 0 Å². The maximum Gasteiger partial charge on any atom is 0.0533 e. The van der Waals surface area contributed by atoms with Gasteiger partial charge in [0, 0.05) is 19.6 Å². The van der Waals surface area contributed by atoms with E-state index < -0.39 is 0 Å². The van der Waals surface area contributed by atoms with Crippen LogP contribution >= 0.6 is 0 Å². The molecule has 0 aliphatic carbocycles. The molecule has 2 heteroatoms. The van der Waals surface area contributed by atoms with E-state index in [-0.39, 0.29) is 0 Å². The molecule has 1 heterocycles. The van der Waals surface area contributed by atoms with Gasteiger partial charge >= 0.3 is 0 Å². The van der Waals surface area contributed by atoms with Crippen molar-refractivity contribution in [2.75, 3.05) is 26.7 Å². The van der Waals surface area contributed by atoms with Crippen LogP contribution in [0.2, 0.25) is 0 Å². The van der Waals surface area contributed by atoms with Crippen LogP contribution < -0.4 is 0 Å². The minimum absolute atomic E-state index is 0.976. The highest BCUT2D eigenvalue weighted by Crippen LogP contribution is 2.17. The number of nitrogens with zero attached hydrogens (tertiary/aromatic N) is 2. The molecule has 0 bridgehead atoms. The summed E-state index contributed by atoms with van der Waals surface area (Å²) in [5.41, 5.74) is 4.32. The third-order valence-electron chi connectivity index (χ3n) is 2.77. The molecule has 0 N–H and O–H groups in total. The second kappa shape index (κ2) is 5.30. The van der Waals surface area contributed by atoms with Gasteiger partial charge in [-0.3, -0.25) is 9.89 Å². The van der Waals surface area contributed by atoms with E-state index in [1.54, 1.807) is 0 Å². The molecule has 1 aliphatic heterocycles. The van der Waals surface area contributed by atoms with E-state index in [0.717, 1.165) is 32.5 Å². The Balaban J connectivity index is 2.83. The van der Waals surface area contributed by atoms with Gasteiger partial charge in [0.05, 0.1) is 5.71 Å². The largest absolute Gasteiger partial charge is 0.296 e. The number of allylic oxidation sites excluding steroid dienone is 1. The summed E-state index contributed by atoms with van der Waals surface area (Å²) in [6.45, 7) is 9.73. The molecule has 0 radical (unpaired) electrons. The Bertz CT molecular complexity index is 251. The Morgan fingerprint density at radius 2 is 2.07 bits per heavy atom. The van der Waals surface area contributed by atoms with Gasteiger partial charge in [-0.2, -0.15) is 0 Å². The lowest BCUT2D eigenvalue weighted by Crippen LogP contribution is -2.13. The standard InChI is InChI=1S/C12H22N2/c1-5-7-13-12-9-14(4)8-11(12)10(3)6-2/h5-9H2,1-4H3/b11-10+,13-12?. The Morgan fingerprint density at radius 3 is 2.64 bits per heavy atom. The molecule has 0 amide bonds. The summed E-state index contributed by atoms with van der Waals surface area (Å²) in [6, 6.07) is 0. The van der Waals surface area contributed by atoms with Gasteiger partial charge in [-0.15, -0.1) is 0 Å². The van der Waals surface area contributed by atoms with Gasteiger partial charge in [-0.05, 0) is 32.4 Å². The summed E-state index contributed by atoms with van der Waals surface area (Å²) in [4.78, 5) is 7.00. The van der Waals surface area contributed by atoms with Crippen molar-refractivity contribution in [3.63, 3.8) is 0 Å². The highest BCUT2D eigenvalue weighted by molar-refractivity contribution is 6.04. The first-order valence-corrected chi connectivity index (χ1v) is 5.59. The molecule has 1 saturated heterocycles. The molecule has 0 aromatic carbocycles. The summed E-state index contributed by atoms with van der Waals surface area (Å²) in [5.74, 6) is 0. The molecule has 80 valence electrons. The third-order valence-corrected chi connectivity index (χ3v) is 2.77. The van der Waals surface area contributed by atoms with Crippen LogP contribution in [-0.4, -0.2) is 37.3 Å². The normalized spacial score (nSPS) is 24.7. The molecule has 0 saturated carbocycles. The van der Waals surface area contributed by atoms with Crippen molar-refractivity contribution in [2.45, 2.75) is 33.6 Å². The van der Waals surface area contributed by atoms with Crippen molar-refractivity contribution in [2.24, 2.45) is 4.99 Å². The molecular formula is C12H22N2. The predicted molar refractivity (Wildman–Crippen MR) is 63.1 cm³/mol. The first-order chi connectivity index (χ1) is 6.69. The highest BCUT2D eigenvalue weighted by atomic mass is 15.1. The van der Waals surface area contributed by atoms with E-state index >= 15 is 0 Å². The monoisotopic (exact) mass is 194 g/mol. The van der Waals surface area contributed by atoms with Crippen molar-refractivity contribution < 1.29 is 0 Å². The summed E-state index contributed by atoms with van der Waals surface area (Å²) in [7, 11) is 2.16. The second-order valence-corrected chi connectivity index (χ2v) is 4.11. The molecule has 0 atom stereocenters. The summed E-state index contributed by atoms with van der Waals surface area (Å²) in [6.07, 6.45) is 2.29. The van der Waals surface area contributed by atoms with Crippen molar-refractivity contribution in [1.82, 2.24) is 4.90 Å². The van der Waals surface area contributed by atoms with E-state index in [1.807, 2.05) is 0 Å². The number of likely N-dealkylation sites (N-methyl/N-ethyl adjacent to an activating group) is 1. The Kier molecular flexibility index (Phi) is 4.33. The minimum Gasteiger partial charge on any atom is -0.296 e. The van der Waals surface area contributed by atoms with E-state index in [4.69, 9.17) is 0 Å². The van der Waals surface area contributed by atoms with Gasteiger partial charge in [-0.1, -0.05) is 19.4 Å². The van der Waals surface area contributed by atoms with Gasteiger partial charge in [-0.25, -0.2) is 0 Å². The molecule has 0 unspecified atom stereocenters. The van der Waals surface area contributed by atoms with Crippen molar-refractivity contribution in [3.8, 4) is 0 Å². The van der Waals surface area contributed by atoms with Crippen LogP contribution in [0.1, 0.15) is 33.6 Å². The van der Waals surface area contributed by atoms with E-state index in [2.05, 4.69) is 37.7 Å². The summed E-state index contributed by atoms with van der Waals surface area (Å²) < 4.78 is 0. The van der Waals surface area contributed by atoms with Gasteiger partial charge < -0.3 is 0 Å². The molecule has 0 spiro atoms. The minimum atomic E-state index is 0.976. The first-order valence-electron chi connectivity index (χ1n) is 5.59. The lowest BCUT2D eigenvalue weighted by molar-refractivity contribution is 0.444. The number of aliphatic imine (C=N–C) groups is 1.